The largest absolute Gasteiger partial charge is 0.481 e. The van der Waals surface area contributed by atoms with Gasteiger partial charge in [0.1, 0.15) is 12.6 Å². The first-order valence-corrected chi connectivity index (χ1v) is 10.6. The molecule has 3 atom stereocenters. The molecule has 2 aromatic rings. The maximum absolute atomic E-state index is 13.4. The number of carboxylic acid groups (broad SMARTS) is 1. The van der Waals surface area contributed by atoms with Crippen molar-refractivity contribution in [1.29, 1.82) is 0 Å². The average molecular weight is 501 g/mol. The highest BCUT2D eigenvalue weighted by Gasteiger charge is 2.45. The van der Waals surface area contributed by atoms with E-state index in [9.17, 15) is 27.6 Å². The van der Waals surface area contributed by atoms with Gasteiger partial charge in [-0.2, -0.15) is 13.2 Å². The third-order valence-electron chi connectivity index (χ3n) is 5.04. The number of aliphatic carboxylic acids is 1. The van der Waals surface area contributed by atoms with E-state index in [1.165, 1.54) is 19.1 Å². The van der Waals surface area contributed by atoms with Crippen LogP contribution in [-0.4, -0.2) is 35.3 Å². The summed E-state index contributed by atoms with van der Waals surface area (Å²) in [5.74, 6) is -5.17. The maximum Gasteiger partial charge on any atom is 0.408 e. The fourth-order valence-corrected chi connectivity index (χ4v) is 3.11. The van der Waals surface area contributed by atoms with E-state index < -0.39 is 42.0 Å². The zero-order chi connectivity index (χ0) is 25.5. The van der Waals surface area contributed by atoms with E-state index in [-0.39, 0.29) is 23.7 Å². The average Bonchev–Trinajstić information content (AvgIpc) is 2.77. The lowest BCUT2D eigenvalue weighted by Crippen LogP contribution is -2.51. The van der Waals surface area contributed by atoms with Gasteiger partial charge in [0.2, 0.25) is 5.91 Å². The third kappa shape index (κ3) is 7.95. The molecule has 0 saturated heterocycles. The van der Waals surface area contributed by atoms with Crippen LogP contribution < -0.4 is 10.6 Å². The van der Waals surface area contributed by atoms with Crippen LogP contribution in [0.1, 0.15) is 25.0 Å². The number of alkyl halides is 3. The normalized spacial score (nSPS) is 13.9. The first-order valence-electron chi connectivity index (χ1n) is 10.2. The lowest BCUT2D eigenvalue weighted by Gasteiger charge is -2.26. The molecule has 0 fully saturated rings. The van der Waals surface area contributed by atoms with Gasteiger partial charge in [0.25, 0.3) is 0 Å². The second kappa shape index (κ2) is 11.7. The molecule has 0 heterocycles. The number of hydrogen-bond acceptors (Lipinski definition) is 4. The highest BCUT2D eigenvalue weighted by Crippen LogP contribution is 2.30. The molecule has 184 valence electrons. The van der Waals surface area contributed by atoms with Gasteiger partial charge in [0, 0.05) is 0 Å². The molecule has 7 nitrogen and oxygen atoms in total. The Morgan fingerprint density at radius 1 is 1.06 bits per heavy atom. The molecule has 3 N–H and O–H groups in total. The zero-order valence-electron chi connectivity index (χ0n) is 18.4. The molecule has 0 bridgehead atoms. The van der Waals surface area contributed by atoms with Crippen LogP contribution in [-0.2, 0) is 27.4 Å². The van der Waals surface area contributed by atoms with Crippen LogP contribution in [0.15, 0.2) is 48.5 Å². The van der Waals surface area contributed by atoms with Crippen LogP contribution >= 0.6 is 11.6 Å². The van der Waals surface area contributed by atoms with Crippen LogP contribution in [0.5, 0.6) is 0 Å². The van der Waals surface area contributed by atoms with E-state index in [0.29, 0.717) is 11.1 Å². The standard InChI is InChI=1S/C23H24ClF3N2O5/c1-13(21(31)32)10-16-8-9-17(24)18(11-16)28-20(30)19(14(2)23(25,26)27)29-22(33)34-12-15-6-4-3-5-7-15/h3-9,11,13-14,19H,10,12H2,1-2H3,(H,28,30)(H,29,33)(H,31,32)/t13-,14+,19?/m0/s1. The summed E-state index contributed by atoms with van der Waals surface area (Å²) in [5.41, 5.74) is 1.10. The molecular formula is C23H24ClF3N2O5. The monoisotopic (exact) mass is 500 g/mol. The minimum Gasteiger partial charge on any atom is -0.481 e. The Kier molecular flexibility index (Phi) is 9.31. The molecule has 0 radical (unpaired) electrons. The highest BCUT2D eigenvalue weighted by molar-refractivity contribution is 6.33. The minimum absolute atomic E-state index is 0.0133. The van der Waals surface area contributed by atoms with Gasteiger partial charge >= 0.3 is 18.2 Å². The first-order chi connectivity index (χ1) is 15.9. The summed E-state index contributed by atoms with van der Waals surface area (Å²) in [7, 11) is 0. The van der Waals surface area contributed by atoms with Crippen LogP contribution in [0.2, 0.25) is 5.02 Å². The van der Waals surface area contributed by atoms with Crippen LogP contribution in [0.3, 0.4) is 0 Å². The van der Waals surface area contributed by atoms with Crippen LogP contribution in [0.4, 0.5) is 23.7 Å². The fraction of sp³-hybridized carbons (Fsp3) is 0.348. The number of rotatable bonds is 9. The number of hydrogen-bond donors (Lipinski definition) is 3. The Bertz CT molecular complexity index is 1020. The summed E-state index contributed by atoms with van der Waals surface area (Å²) < 4.78 is 45.2. The molecule has 34 heavy (non-hydrogen) atoms. The quantitative estimate of drug-likeness (QED) is 0.447. The molecule has 2 aromatic carbocycles. The minimum atomic E-state index is -4.79. The second-order valence-electron chi connectivity index (χ2n) is 7.76. The zero-order valence-corrected chi connectivity index (χ0v) is 19.1. The van der Waals surface area contributed by atoms with Gasteiger partial charge in [-0.25, -0.2) is 4.79 Å². The van der Waals surface area contributed by atoms with Crippen molar-refractivity contribution in [2.24, 2.45) is 11.8 Å². The summed E-state index contributed by atoms with van der Waals surface area (Å²) >= 11 is 6.07. The van der Waals surface area contributed by atoms with Gasteiger partial charge in [-0.1, -0.05) is 61.8 Å². The Morgan fingerprint density at radius 3 is 2.29 bits per heavy atom. The topological polar surface area (TPSA) is 105 Å². The Labute approximate surface area is 199 Å². The van der Waals surface area contributed by atoms with Crippen molar-refractivity contribution in [3.63, 3.8) is 0 Å². The van der Waals surface area contributed by atoms with Crippen molar-refractivity contribution in [2.45, 2.75) is 39.1 Å². The molecule has 0 saturated carbocycles. The molecule has 11 heteroatoms. The fourth-order valence-electron chi connectivity index (χ4n) is 2.94. The summed E-state index contributed by atoms with van der Waals surface area (Å²) in [5, 5.41) is 13.4. The molecule has 0 aliphatic rings. The summed E-state index contributed by atoms with van der Waals surface area (Å²) in [6.07, 6.45) is -5.88. The van der Waals surface area contributed by atoms with Crippen molar-refractivity contribution < 1.29 is 37.4 Å². The van der Waals surface area contributed by atoms with E-state index in [2.05, 4.69) is 5.32 Å². The predicted octanol–water partition coefficient (Wildman–Crippen LogP) is 5.04. The van der Waals surface area contributed by atoms with Gasteiger partial charge in [0.05, 0.1) is 22.5 Å². The molecule has 2 rings (SSSR count). The van der Waals surface area contributed by atoms with Crippen molar-refractivity contribution >= 4 is 35.3 Å². The van der Waals surface area contributed by atoms with Gasteiger partial charge < -0.3 is 20.5 Å². The maximum atomic E-state index is 13.4. The Morgan fingerprint density at radius 2 is 1.71 bits per heavy atom. The number of halogens is 4. The van der Waals surface area contributed by atoms with Crippen molar-refractivity contribution in [2.75, 3.05) is 5.32 Å². The number of ether oxygens (including phenoxy) is 1. The number of nitrogens with one attached hydrogen (secondary N) is 2. The van der Waals surface area contributed by atoms with E-state index in [4.69, 9.17) is 21.4 Å². The smallest absolute Gasteiger partial charge is 0.408 e. The van der Waals surface area contributed by atoms with E-state index in [0.717, 1.165) is 6.92 Å². The number of carbonyl (C=O) groups is 3. The first kappa shape index (κ1) is 27.0. The molecule has 0 aliphatic heterocycles. The third-order valence-corrected chi connectivity index (χ3v) is 5.37. The summed E-state index contributed by atoms with van der Waals surface area (Å²) in [6, 6.07) is 10.8. The lowest BCUT2D eigenvalue weighted by molar-refractivity contribution is -0.178. The van der Waals surface area contributed by atoms with Crippen molar-refractivity contribution in [3.8, 4) is 0 Å². The van der Waals surface area contributed by atoms with Crippen LogP contribution in [0.25, 0.3) is 0 Å². The summed E-state index contributed by atoms with van der Waals surface area (Å²) in [4.78, 5) is 36.0. The number of alkyl carbamates (subject to hydrolysis) is 1. The Hall–Kier alpha value is -3.27. The number of carbonyl (C=O) groups excluding carboxylic acids is 2. The van der Waals surface area contributed by atoms with Crippen molar-refractivity contribution in [1.82, 2.24) is 5.32 Å². The lowest BCUT2D eigenvalue weighted by atomic mass is 9.99. The van der Waals surface area contributed by atoms with E-state index >= 15 is 0 Å². The van der Waals surface area contributed by atoms with Gasteiger partial charge in [-0.05, 0) is 29.7 Å². The van der Waals surface area contributed by atoms with Crippen molar-refractivity contribution in [3.05, 3.63) is 64.7 Å². The number of anilines is 1. The molecular weight excluding hydrogens is 477 g/mol. The number of amides is 2. The molecule has 0 aliphatic carbocycles. The van der Waals surface area contributed by atoms with Crippen LogP contribution in [0, 0.1) is 11.8 Å². The molecule has 0 spiro atoms. The predicted molar refractivity (Wildman–Crippen MR) is 119 cm³/mol. The van der Waals surface area contributed by atoms with Gasteiger partial charge in [-0.15, -0.1) is 0 Å². The molecule has 0 aromatic heterocycles. The SMILES string of the molecule is C[C@H](C(NC(=O)OCc1ccccc1)C(=O)Nc1cc(C[C@H](C)C(=O)O)ccc1Cl)C(F)(F)F. The Balaban J connectivity index is 2.17. The second-order valence-corrected chi connectivity index (χ2v) is 8.17. The van der Waals surface area contributed by atoms with Gasteiger partial charge in [-0.3, -0.25) is 9.59 Å². The van der Waals surface area contributed by atoms with Gasteiger partial charge in [0.15, 0.2) is 0 Å². The molecule has 1 unspecified atom stereocenters. The molecule has 2 amide bonds. The highest BCUT2D eigenvalue weighted by atomic mass is 35.5. The number of benzene rings is 2. The van der Waals surface area contributed by atoms with E-state index in [1.54, 1.807) is 36.4 Å². The summed E-state index contributed by atoms with van der Waals surface area (Å²) in [6.45, 7) is 2.05. The van der Waals surface area contributed by atoms with E-state index in [1.807, 2.05) is 5.32 Å². The number of carboxylic acids is 1.